The van der Waals surface area contributed by atoms with Crippen LogP contribution >= 0.6 is 0 Å². The second-order valence-corrected chi connectivity index (χ2v) is 5.27. The molecular weight excluding hydrogens is 300 g/mol. The molecule has 0 fully saturated rings. The van der Waals surface area contributed by atoms with Crippen molar-refractivity contribution in [2.45, 2.75) is 19.3 Å². The summed E-state index contributed by atoms with van der Waals surface area (Å²) in [4.78, 5) is 24.8. The van der Waals surface area contributed by atoms with Gasteiger partial charge in [0.1, 0.15) is 0 Å². The Labute approximate surface area is 142 Å². The lowest BCUT2D eigenvalue weighted by Gasteiger charge is -2.18. The summed E-state index contributed by atoms with van der Waals surface area (Å²) in [6, 6.07) is 18.5. The van der Waals surface area contributed by atoms with Crippen LogP contribution in [0.1, 0.15) is 35.2 Å². The Hall–Kier alpha value is -2.90. The van der Waals surface area contributed by atoms with Crippen molar-refractivity contribution < 1.29 is 14.3 Å². The molecular formula is C21H20O3. The van der Waals surface area contributed by atoms with E-state index in [0.717, 1.165) is 5.56 Å². The van der Waals surface area contributed by atoms with Gasteiger partial charge in [-0.15, -0.1) is 5.73 Å². The number of hydrogen-bond donors (Lipinski definition) is 0. The third-order valence-electron chi connectivity index (χ3n) is 3.72. The molecule has 0 aliphatic rings. The Morgan fingerprint density at radius 2 is 1.62 bits per heavy atom. The van der Waals surface area contributed by atoms with E-state index in [1.54, 1.807) is 19.1 Å². The minimum atomic E-state index is -0.484. The molecule has 3 heteroatoms. The molecule has 3 nitrogen and oxygen atoms in total. The van der Waals surface area contributed by atoms with Crippen LogP contribution in [-0.2, 0) is 9.53 Å². The van der Waals surface area contributed by atoms with Gasteiger partial charge in [0.05, 0.1) is 12.2 Å². The summed E-state index contributed by atoms with van der Waals surface area (Å²) >= 11 is 0. The largest absolute Gasteiger partial charge is 0.462 e. The van der Waals surface area contributed by atoms with E-state index in [4.69, 9.17) is 4.74 Å². The van der Waals surface area contributed by atoms with Crippen LogP contribution in [0.4, 0.5) is 0 Å². The first kappa shape index (κ1) is 17.5. The molecule has 2 aromatic rings. The maximum Gasteiger partial charge on any atom is 0.342 e. The minimum Gasteiger partial charge on any atom is -0.462 e. The molecule has 0 radical (unpaired) electrons. The Balaban J connectivity index is 2.35. The molecule has 0 bridgehead atoms. The van der Waals surface area contributed by atoms with Crippen molar-refractivity contribution in [2.75, 3.05) is 6.61 Å². The smallest absolute Gasteiger partial charge is 0.342 e. The second-order valence-electron chi connectivity index (χ2n) is 5.27. The van der Waals surface area contributed by atoms with Gasteiger partial charge < -0.3 is 4.74 Å². The van der Waals surface area contributed by atoms with Gasteiger partial charge in [-0.1, -0.05) is 67.2 Å². The fraction of sp³-hybridized carbons (Fsp3) is 0.190. The number of esters is 1. The highest BCUT2D eigenvalue weighted by molar-refractivity contribution is 5.98. The van der Waals surface area contributed by atoms with Crippen LogP contribution in [0, 0.1) is 0 Å². The van der Waals surface area contributed by atoms with Gasteiger partial charge in [0.2, 0.25) is 0 Å². The van der Waals surface area contributed by atoms with Gasteiger partial charge in [-0.05, 0) is 12.5 Å². The molecule has 0 aromatic heterocycles. The lowest BCUT2D eigenvalue weighted by molar-refractivity contribution is -0.138. The van der Waals surface area contributed by atoms with Gasteiger partial charge in [-0.3, -0.25) is 4.79 Å². The number of Topliss-reactive ketones (excluding diaryl/α,β-unsaturated/α-hetero) is 1. The van der Waals surface area contributed by atoms with E-state index in [0.29, 0.717) is 5.56 Å². The maximum absolute atomic E-state index is 12.6. The number of hydrogen-bond acceptors (Lipinski definition) is 3. The van der Waals surface area contributed by atoms with Crippen molar-refractivity contribution >= 4 is 11.8 Å². The van der Waals surface area contributed by atoms with Gasteiger partial charge in [-0.2, -0.15) is 0 Å². The third-order valence-corrected chi connectivity index (χ3v) is 3.72. The molecule has 2 aromatic carbocycles. The zero-order valence-corrected chi connectivity index (χ0v) is 13.7. The van der Waals surface area contributed by atoms with E-state index < -0.39 is 11.9 Å². The molecule has 0 heterocycles. The summed E-state index contributed by atoms with van der Waals surface area (Å²) in [5, 5.41) is 0. The number of carbonyl (C=O) groups excluding carboxylic acids is 2. The van der Waals surface area contributed by atoms with E-state index in [1.165, 1.54) is 0 Å². The number of ether oxygens (including phenoxy) is 1. The summed E-state index contributed by atoms with van der Waals surface area (Å²) in [5.74, 6) is -0.959. The molecule has 1 atom stereocenters. The Bertz CT molecular complexity index is 741. The summed E-state index contributed by atoms with van der Waals surface area (Å²) in [6.07, 6.45) is 0.157. The topological polar surface area (TPSA) is 43.4 Å². The van der Waals surface area contributed by atoms with Crippen LogP contribution in [0.15, 0.2) is 78.5 Å². The highest BCUT2D eigenvalue weighted by Gasteiger charge is 2.26. The molecule has 24 heavy (non-hydrogen) atoms. The summed E-state index contributed by atoms with van der Waals surface area (Å²) in [7, 11) is 0. The Morgan fingerprint density at radius 3 is 2.17 bits per heavy atom. The zero-order valence-electron chi connectivity index (χ0n) is 13.7. The van der Waals surface area contributed by atoms with Crippen molar-refractivity contribution in [3.63, 3.8) is 0 Å². The van der Waals surface area contributed by atoms with E-state index in [-0.39, 0.29) is 24.4 Å². The molecule has 0 aliphatic heterocycles. The summed E-state index contributed by atoms with van der Waals surface area (Å²) in [6.45, 7) is 5.62. The van der Waals surface area contributed by atoms with E-state index in [1.807, 2.05) is 48.5 Å². The van der Waals surface area contributed by atoms with Gasteiger partial charge in [-0.25, -0.2) is 4.79 Å². The van der Waals surface area contributed by atoms with Crippen molar-refractivity contribution in [3.8, 4) is 0 Å². The van der Waals surface area contributed by atoms with Crippen LogP contribution in [-0.4, -0.2) is 18.4 Å². The fourth-order valence-corrected chi connectivity index (χ4v) is 2.55. The van der Waals surface area contributed by atoms with Crippen LogP contribution < -0.4 is 0 Å². The highest BCUT2D eigenvalue weighted by atomic mass is 16.5. The molecule has 0 saturated carbocycles. The van der Waals surface area contributed by atoms with Crippen LogP contribution in [0.2, 0.25) is 0 Å². The first-order valence-corrected chi connectivity index (χ1v) is 7.87. The minimum absolute atomic E-state index is 0.0403. The van der Waals surface area contributed by atoms with Gasteiger partial charge in [0.25, 0.3) is 0 Å². The van der Waals surface area contributed by atoms with Gasteiger partial charge in [0.15, 0.2) is 5.78 Å². The quantitative estimate of drug-likeness (QED) is 0.330. The average molecular weight is 320 g/mol. The second kappa shape index (κ2) is 8.66. The third kappa shape index (κ3) is 4.31. The first-order valence-electron chi connectivity index (χ1n) is 7.87. The van der Waals surface area contributed by atoms with Gasteiger partial charge in [0, 0.05) is 17.9 Å². The molecule has 0 spiro atoms. The molecule has 0 saturated heterocycles. The van der Waals surface area contributed by atoms with Crippen LogP contribution in [0.3, 0.4) is 0 Å². The Morgan fingerprint density at radius 1 is 1.04 bits per heavy atom. The molecule has 0 unspecified atom stereocenters. The van der Waals surface area contributed by atoms with Crippen molar-refractivity contribution in [1.82, 2.24) is 0 Å². The maximum atomic E-state index is 12.6. The summed E-state index contributed by atoms with van der Waals surface area (Å²) in [5.41, 5.74) is 4.44. The lowest BCUT2D eigenvalue weighted by atomic mass is 9.85. The predicted molar refractivity (Wildman–Crippen MR) is 93.9 cm³/mol. The number of ketones is 1. The predicted octanol–water partition coefficient (Wildman–Crippen LogP) is 4.32. The molecule has 122 valence electrons. The number of carbonyl (C=O) groups is 2. The normalized spacial score (nSPS) is 11.2. The molecule has 0 amide bonds. The lowest BCUT2D eigenvalue weighted by Crippen LogP contribution is -2.17. The molecule has 0 aliphatic carbocycles. The highest BCUT2D eigenvalue weighted by Crippen LogP contribution is 2.29. The fourth-order valence-electron chi connectivity index (χ4n) is 2.55. The van der Waals surface area contributed by atoms with E-state index >= 15 is 0 Å². The monoisotopic (exact) mass is 320 g/mol. The molecule has 2 rings (SSSR count). The average Bonchev–Trinajstić information content (AvgIpc) is 2.63. The van der Waals surface area contributed by atoms with Crippen LogP contribution in [0.25, 0.3) is 0 Å². The zero-order chi connectivity index (χ0) is 17.4. The van der Waals surface area contributed by atoms with Gasteiger partial charge >= 0.3 is 5.97 Å². The summed E-state index contributed by atoms with van der Waals surface area (Å²) < 4.78 is 5.09. The van der Waals surface area contributed by atoms with Crippen molar-refractivity contribution in [1.29, 1.82) is 0 Å². The standard InChI is InChI=1S/C21H20O3/c1-3-18(21(23)24-4-2)19(16-11-7-5-8-12-16)15-20(22)17-13-9-6-10-14-17/h5-14,19H,1,4,15H2,2H3/t19-/m1/s1. The van der Waals surface area contributed by atoms with Crippen LogP contribution in [0.5, 0.6) is 0 Å². The first-order chi connectivity index (χ1) is 11.7. The SMILES string of the molecule is C=C=C(C(=O)OCC)[C@H](CC(=O)c1ccccc1)c1ccccc1. The van der Waals surface area contributed by atoms with E-state index in [2.05, 4.69) is 12.3 Å². The number of rotatable bonds is 7. The Kier molecular flexibility index (Phi) is 6.30. The van der Waals surface area contributed by atoms with E-state index in [9.17, 15) is 9.59 Å². The van der Waals surface area contributed by atoms with Crippen molar-refractivity contribution in [2.24, 2.45) is 0 Å². The molecule has 0 N–H and O–H groups in total. The van der Waals surface area contributed by atoms with Crippen molar-refractivity contribution in [3.05, 3.63) is 89.7 Å². The number of benzene rings is 2.